The maximum atomic E-state index is 9.29. The number of hydrogen-bond donors (Lipinski definition) is 2. The van der Waals surface area contributed by atoms with Gasteiger partial charge in [0.15, 0.2) is 0 Å². The Morgan fingerprint density at radius 3 is 2.36 bits per heavy atom. The summed E-state index contributed by atoms with van der Waals surface area (Å²) >= 11 is 3.31. The zero-order chi connectivity index (χ0) is 8.27. The second-order valence-electron chi connectivity index (χ2n) is 2.24. The molecule has 0 aliphatic heterocycles. The molecule has 0 amide bonds. The Hall–Kier alpha value is -0.380. The van der Waals surface area contributed by atoms with Crippen LogP contribution >= 0.6 is 15.9 Å². The van der Waals surface area contributed by atoms with Crippen molar-refractivity contribution in [3.05, 3.63) is 34.3 Å². The van der Waals surface area contributed by atoms with Crippen LogP contribution in [0.25, 0.3) is 0 Å². The van der Waals surface area contributed by atoms with Crippen LogP contribution in [-0.4, -0.2) is 12.2 Å². The monoisotopic (exact) mass is 215 g/mol. The molecule has 0 saturated heterocycles. The minimum absolute atomic E-state index is 0.567. The third-order valence-electron chi connectivity index (χ3n) is 1.46. The van der Waals surface area contributed by atoms with Crippen molar-refractivity contribution in [3.8, 4) is 0 Å². The lowest BCUT2D eigenvalue weighted by molar-refractivity contribution is 0.149. The van der Waals surface area contributed by atoms with Gasteiger partial charge in [-0.25, -0.2) is 0 Å². The highest BCUT2D eigenvalue weighted by atomic mass is 79.9. The summed E-state index contributed by atoms with van der Waals surface area (Å²) in [5.74, 6) is 0. The van der Waals surface area contributed by atoms with E-state index < -0.39 is 6.23 Å². The van der Waals surface area contributed by atoms with Crippen molar-refractivity contribution >= 4 is 15.9 Å². The van der Waals surface area contributed by atoms with Gasteiger partial charge in [-0.1, -0.05) is 28.1 Å². The Labute approximate surface area is 74.4 Å². The number of aliphatic hydroxyl groups excluding tert-OH is 1. The van der Waals surface area contributed by atoms with Crippen LogP contribution in [-0.2, 0) is 0 Å². The highest BCUT2D eigenvalue weighted by Gasteiger charge is 2.01. The lowest BCUT2D eigenvalue weighted by Crippen LogP contribution is -2.14. The summed E-state index contributed by atoms with van der Waals surface area (Å²) in [5, 5.41) is 12.0. The van der Waals surface area contributed by atoms with Crippen LogP contribution in [0.4, 0.5) is 0 Å². The lowest BCUT2D eigenvalue weighted by Gasteiger charge is -2.08. The van der Waals surface area contributed by atoms with Gasteiger partial charge in [-0.05, 0) is 24.7 Å². The van der Waals surface area contributed by atoms with Gasteiger partial charge in [0.2, 0.25) is 0 Å². The number of nitrogens with one attached hydrogen (secondary N) is 1. The highest BCUT2D eigenvalue weighted by molar-refractivity contribution is 9.10. The van der Waals surface area contributed by atoms with Gasteiger partial charge in [0.1, 0.15) is 6.23 Å². The van der Waals surface area contributed by atoms with Crippen LogP contribution in [0.3, 0.4) is 0 Å². The Morgan fingerprint density at radius 1 is 1.36 bits per heavy atom. The average molecular weight is 216 g/mol. The third kappa shape index (κ3) is 2.29. The molecule has 0 aliphatic carbocycles. The van der Waals surface area contributed by atoms with Crippen molar-refractivity contribution < 1.29 is 5.11 Å². The number of halogens is 1. The molecule has 1 aromatic carbocycles. The van der Waals surface area contributed by atoms with Crippen molar-refractivity contribution in [1.82, 2.24) is 5.32 Å². The van der Waals surface area contributed by atoms with E-state index in [0.717, 1.165) is 10.0 Å². The highest BCUT2D eigenvalue weighted by Crippen LogP contribution is 2.14. The fourth-order valence-corrected chi connectivity index (χ4v) is 1.08. The fourth-order valence-electron chi connectivity index (χ4n) is 0.812. The standard InChI is InChI=1S/C8H10BrNO/c1-10-8(11)6-2-4-7(9)5-3-6/h2-5,8,10-11H,1H3. The zero-order valence-electron chi connectivity index (χ0n) is 6.21. The molecule has 1 aromatic rings. The van der Waals surface area contributed by atoms with E-state index in [9.17, 15) is 5.11 Å². The van der Waals surface area contributed by atoms with Gasteiger partial charge in [-0.15, -0.1) is 0 Å². The number of hydrogen-bond acceptors (Lipinski definition) is 2. The topological polar surface area (TPSA) is 32.3 Å². The van der Waals surface area contributed by atoms with Crippen LogP contribution in [0.2, 0.25) is 0 Å². The van der Waals surface area contributed by atoms with Crippen molar-refractivity contribution in [1.29, 1.82) is 0 Å². The molecule has 0 bridgehead atoms. The van der Waals surface area contributed by atoms with Crippen LogP contribution in [0.15, 0.2) is 28.7 Å². The molecule has 0 aliphatic rings. The summed E-state index contributed by atoms with van der Waals surface area (Å²) in [6.45, 7) is 0. The van der Waals surface area contributed by atoms with Crippen LogP contribution in [0, 0.1) is 0 Å². The van der Waals surface area contributed by atoms with Gasteiger partial charge < -0.3 is 5.11 Å². The van der Waals surface area contributed by atoms with Gasteiger partial charge >= 0.3 is 0 Å². The van der Waals surface area contributed by atoms with E-state index in [1.807, 2.05) is 24.3 Å². The molecule has 2 nitrogen and oxygen atoms in total. The van der Waals surface area contributed by atoms with E-state index in [-0.39, 0.29) is 0 Å². The minimum atomic E-state index is -0.567. The molecule has 0 fully saturated rings. The molecule has 0 spiro atoms. The second kappa shape index (κ2) is 3.85. The van der Waals surface area contributed by atoms with Crippen molar-refractivity contribution in [2.24, 2.45) is 0 Å². The third-order valence-corrected chi connectivity index (χ3v) is 1.99. The van der Waals surface area contributed by atoms with Crippen LogP contribution in [0.1, 0.15) is 11.8 Å². The van der Waals surface area contributed by atoms with E-state index in [1.54, 1.807) is 7.05 Å². The van der Waals surface area contributed by atoms with Gasteiger partial charge in [0, 0.05) is 4.47 Å². The SMILES string of the molecule is CNC(O)c1ccc(Br)cc1. The summed E-state index contributed by atoms with van der Waals surface area (Å²) < 4.78 is 1.02. The Kier molecular flexibility index (Phi) is 3.05. The first-order valence-electron chi connectivity index (χ1n) is 3.35. The zero-order valence-corrected chi connectivity index (χ0v) is 7.80. The molecule has 1 unspecified atom stereocenters. The quantitative estimate of drug-likeness (QED) is 0.737. The maximum Gasteiger partial charge on any atom is 0.130 e. The number of aliphatic hydroxyl groups is 1. The second-order valence-corrected chi connectivity index (χ2v) is 3.16. The van der Waals surface area contributed by atoms with E-state index in [2.05, 4.69) is 21.2 Å². The van der Waals surface area contributed by atoms with Crippen LogP contribution in [0.5, 0.6) is 0 Å². The van der Waals surface area contributed by atoms with Gasteiger partial charge in [0.25, 0.3) is 0 Å². The minimum Gasteiger partial charge on any atom is -0.374 e. The Bertz CT molecular complexity index is 222. The largest absolute Gasteiger partial charge is 0.374 e. The van der Waals surface area contributed by atoms with Crippen molar-refractivity contribution in [3.63, 3.8) is 0 Å². The van der Waals surface area contributed by atoms with E-state index in [1.165, 1.54) is 0 Å². The average Bonchev–Trinajstić information content (AvgIpc) is 2.05. The molecule has 1 rings (SSSR count). The summed E-state index contributed by atoms with van der Waals surface area (Å²) in [4.78, 5) is 0. The first-order valence-corrected chi connectivity index (χ1v) is 4.14. The van der Waals surface area contributed by atoms with Gasteiger partial charge in [-0.2, -0.15) is 0 Å². The molecule has 0 saturated carbocycles. The normalized spacial score (nSPS) is 13.0. The Balaban J connectivity index is 2.81. The van der Waals surface area contributed by atoms with E-state index in [0.29, 0.717) is 0 Å². The first-order chi connectivity index (χ1) is 5.24. The summed E-state index contributed by atoms with van der Waals surface area (Å²) in [7, 11) is 1.71. The first kappa shape index (κ1) is 8.71. The molecular formula is C8H10BrNO. The molecule has 0 aromatic heterocycles. The predicted molar refractivity (Wildman–Crippen MR) is 48.2 cm³/mol. The number of rotatable bonds is 2. The van der Waals surface area contributed by atoms with E-state index >= 15 is 0 Å². The molecule has 11 heavy (non-hydrogen) atoms. The molecule has 2 N–H and O–H groups in total. The fraction of sp³-hybridized carbons (Fsp3) is 0.250. The molecule has 60 valence electrons. The molecule has 0 radical (unpaired) electrons. The van der Waals surface area contributed by atoms with E-state index in [4.69, 9.17) is 0 Å². The summed E-state index contributed by atoms with van der Waals surface area (Å²) in [5.41, 5.74) is 0.871. The molecule has 0 heterocycles. The lowest BCUT2D eigenvalue weighted by atomic mass is 10.2. The maximum absolute atomic E-state index is 9.29. The van der Waals surface area contributed by atoms with Crippen molar-refractivity contribution in [2.75, 3.05) is 7.05 Å². The Morgan fingerprint density at radius 2 is 1.91 bits per heavy atom. The number of benzene rings is 1. The van der Waals surface area contributed by atoms with Crippen molar-refractivity contribution in [2.45, 2.75) is 6.23 Å². The van der Waals surface area contributed by atoms with Gasteiger partial charge in [-0.3, -0.25) is 5.32 Å². The van der Waals surface area contributed by atoms with Crippen LogP contribution < -0.4 is 5.32 Å². The predicted octanol–water partition coefficient (Wildman–Crippen LogP) is 1.66. The van der Waals surface area contributed by atoms with Gasteiger partial charge in [0.05, 0.1) is 0 Å². The molecule has 1 atom stereocenters. The summed E-state index contributed by atoms with van der Waals surface area (Å²) in [6, 6.07) is 7.53. The smallest absolute Gasteiger partial charge is 0.130 e. The molecular weight excluding hydrogens is 206 g/mol. The summed E-state index contributed by atoms with van der Waals surface area (Å²) in [6.07, 6.45) is -0.567. The molecule has 3 heteroatoms.